The normalized spacial score (nSPS) is 13.7. The highest BCUT2D eigenvalue weighted by Gasteiger charge is 2.28. The lowest BCUT2D eigenvalue weighted by Crippen LogP contribution is -2.29. The number of benzene rings is 1. The Morgan fingerprint density at radius 2 is 2.33 bits per heavy atom. The molecule has 0 aromatic heterocycles. The number of halogens is 1. The largest absolute Gasteiger partial charge is 0.491 e. The molecule has 1 aromatic carbocycles. The lowest BCUT2D eigenvalue weighted by Gasteiger charge is -2.14. The minimum atomic E-state index is -0.905. The summed E-state index contributed by atoms with van der Waals surface area (Å²) in [4.78, 5) is 0. The lowest BCUT2D eigenvalue weighted by molar-refractivity contribution is 0.235. The van der Waals surface area contributed by atoms with Gasteiger partial charge in [0, 0.05) is 0 Å². The molecule has 0 spiro atoms. The zero-order valence-electron chi connectivity index (χ0n) is 10.1. The highest BCUT2D eigenvalue weighted by atomic mass is 35.5. The van der Waals surface area contributed by atoms with E-state index in [-0.39, 0.29) is 11.3 Å². The van der Waals surface area contributed by atoms with Gasteiger partial charge in [-0.2, -0.15) is 0 Å². The van der Waals surface area contributed by atoms with E-state index < -0.39 is 7.12 Å². The summed E-state index contributed by atoms with van der Waals surface area (Å²) in [5.41, 5.74) is 2.19. The van der Waals surface area contributed by atoms with Gasteiger partial charge in [-0.05, 0) is 49.2 Å². The molecule has 0 bridgehead atoms. The van der Waals surface area contributed by atoms with E-state index >= 15 is 0 Å². The number of ether oxygens (including phenoxy) is 1. The minimum Gasteiger partial charge on any atom is -0.468 e. The van der Waals surface area contributed by atoms with Crippen LogP contribution in [0.2, 0.25) is 5.02 Å². The van der Waals surface area contributed by atoms with Crippen molar-refractivity contribution >= 4 is 47.3 Å². The average Bonchev–Trinajstić information content (AvgIpc) is 2.60. The SMILES string of the molecule is CC(C)OC(=S)Nc1cc2c(cc1Cl)COB2O. The predicted molar refractivity (Wildman–Crippen MR) is 76.3 cm³/mol. The van der Waals surface area contributed by atoms with E-state index in [0.717, 1.165) is 5.56 Å². The van der Waals surface area contributed by atoms with Gasteiger partial charge in [0.15, 0.2) is 0 Å². The van der Waals surface area contributed by atoms with Gasteiger partial charge < -0.3 is 19.7 Å². The molecular formula is C11H13BClNO3S. The fourth-order valence-corrected chi connectivity index (χ4v) is 2.23. The Balaban J connectivity index is 2.19. The van der Waals surface area contributed by atoms with Gasteiger partial charge >= 0.3 is 7.12 Å². The van der Waals surface area contributed by atoms with Crippen molar-refractivity contribution in [2.24, 2.45) is 0 Å². The third kappa shape index (κ3) is 2.95. The minimum absolute atomic E-state index is 0.00729. The second kappa shape index (κ2) is 5.44. The second-order valence-electron chi connectivity index (χ2n) is 4.27. The van der Waals surface area contributed by atoms with Gasteiger partial charge in [0.25, 0.3) is 5.17 Å². The summed E-state index contributed by atoms with van der Waals surface area (Å²) in [5, 5.41) is 13.3. The number of hydrogen-bond donors (Lipinski definition) is 2. The van der Waals surface area contributed by atoms with Crippen LogP contribution in [-0.2, 0) is 16.0 Å². The van der Waals surface area contributed by atoms with Gasteiger partial charge in [0.05, 0.1) is 23.4 Å². The Kier molecular flexibility index (Phi) is 4.12. The van der Waals surface area contributed by atoms with Crippen LogP contribution >= 0.6 is 23.8 Å². The number of rotatable bonds is 2. The quantitative estimate of drug-likeness (QED) is 0.639. The van der Waals surface area contributed by atoms with Crippen molar-refractivity contribution in [3.8, 4) is 0 Å². The van der Waals surface area contributed by atoms with Crippen LogP contribution in [0.5, 0.6) is 0 Å². The van der Waals surface area contributed by atoms with E-state index in [1.807, 2.05) is 13.8 Å². The first-order valence-electron chi connectivity index (χ1n) is 5.57. The average molecular weight is 286 g/mol. The molecule has 0 saturated carbocycles. The summed E-state index contributed by atoms with van der Waals surface area (Å²) in [5.74, 6) is 0. The summed E-state index contributed by atoms with van der Waals surface area (Å²) in [6, 6.07) is 3.48. The molecule has 0 atom stereocenters. The van der Waals surface area contributed by atoms with E-state index in [9.17, 15) is 5.02 Å². The monoisotopic (exact) mass is 285 g/mol. The molecule has 96 valence electrons. The molecule has 0 unspecified atom stereocenters. The Bertz CT molecular complexity index is 484. The van der Waals surface area contributed by atoms with Crippen LogP contribution in [0.1, 0.15) is 19.4 Å². The van der Waals surface area contributed by atoms with Gasteiger partial charge in [-0.3, -0.25) is 0 Å². The van der Waals surface area contributed by atoms with Crippen molar-refractivity contribution in [1.82, 2.24) is 0 Å². The molecule has 0 fully saturated rings. The van der Waals surface area contributed by atoms with Gasteiger partial charge in [-0.15, -0.1) is 0 Å². The number of fused-ring (bicyclic) bond motifs is 1. The van der Waals surface area contributed by atoms with Crippen molar-refractivity contribution in [1.29, 1.82) is 0 Å². The van der Waals surface area contributed by atoms with Crippen LogP contribution in [0.3, 0.4) is 0 Å². The molecule has 1 aliphatic heterocycles. The van der Waals surface area contributed by atoms with Gasteiger partial charge in [-0.25, -0.2) is 0 Å². The fraction of sp³-hybridized carbons (Fsp3) is 0.364. The van der Waals surface area contributed by atoms with Crippen molar-refractivity contribution in [2.45, 2.75) is 26.6 Å². The first-order chi connectivity index (χ1) is 8.47. The van der Waals surface area contributed by atoms with Crippen molar-refractivity contribution in [3.05, 3.63) is 22.7 Å². The Labute approximate surface area is 116 Å². The lowest BCUT2D eigenvalue weighted by atomic mass is 9.79. The Hall–Kier alpha value is -0.815. The molecule has 2 N–H and O–H groups in total. The molecule has 7 heteroatoms. The molecule has 0 amide bonds. The molecule has 1 heterocycles. The van der Waals surface area contributed by atoms with Gasteiger partial charge in [0.2, 0.25) is 0 Å². The van der Waals surface area contributed by atoms with E-state index in [1.54, 1.807) is 12.1 Å². The summed E-state index contributed by atoms with van der Waals surface area (Å²) >= 11 is 11.2. The van der Waals surface area contributed by atoms with Gasteiger partial charge in [-0.1, -0.05) is 11.6 Å². The Morgan fingerprint density at radius 3 is 3.00 bits per heavy atom. The van der Waals surface area contributed by atoms with E-state index in [4.69, 9.17) is 33.2 Å². The van der Waals surface area contributed by atoms with Gasteiger partial charge in [0.1, 0.15) is 0 Å². The van der Waals surface area contributed by atoms with Crippen LogP contribution in [0.4, 0.5) is 5.69 Å². The molecule has 2 rings (SSSR count). The first-order valence-corrected chi connectivity index (χ1v) is 6.35. The fourth-order valence-electron chi connectivity index (χ4n) is 1.69. The number of anilines is 1. The van der Waals surface area contributed by atoms with Crippen molar-refractivity contribution < 1.29 is 14.4 Å². The molecule has 4 nitrogen and oxygen atoms in total. The van der Waals surface area contributed by atoms with Crippen LogP contribution in [0, 0.1) is 0 Å². The third-order valence-corrected chi connectivity index (χ3v) is 2.98. The first kappa shape index (κ1) is 13.6. The van der Waals surface area contributed by atoms with Crippen LogP contribution in [0.15, 0.2) is 12.1 Å². The maximum Gasteiger partial charge on any atom is 0.491 e. The summed E-state index contributed by atoms with van der Waals surface area (Å²) in [6.45, 7) is 4.13. The summed E-state index contributed by atoms with van der Waals surface area (Å²) in [6.07, 6.45) is -0.00729. The van der Waals surface area contributed by atoms with E-state index in [2.05, 4.69) is 5.32 Å². The summed E-state index contributed by atoms with van der Waals surface area (Å²) < 4.78 is 10.4. The van der Waals surface area contributed by atoms with Crippen LogP contribution in [0.25, 0.3) is 0 Å². The summed E-state index contributed by atoms with van der Waals surface area (Å²) in [7, 11) is -0.905. The molecule has 1 aliphatic rings. The van der Waals surface area contributed by atoms with Crippen molar-refractivity contribution in [2.75, 3.05) is 5.32 Å². The third-order valence-electron chi connectivity index (χ3n) is 2.47. The highest BCUT2D eigenvalue weighted by molar-refractivity contribution is 7.80. The molecule has 0 radical (unpaired) electrons. The zero-order chi connectivity index (χ0) is 13.3. The molecule has 0 aliphatic carbocycles. The Morgan fingerprint density at radius 1 is 1.61 bits per heavy atom. The van der Waals surface area contributed by atoms with Crippen LogP contribution in [-0.4, -0.2) is 23.4 Å². The van der Waals surface area contributed by atoms with Crippen molar-refractivity contribution in [3.63, 3.8) is 0 Å². The number of hydrogen-bond acceptors (Lipinski definition) is 4. The number of thiocarbonyl (C=S) groups is 1. The standard InChI is InChI=1S/C11H13BClNO3S/c1-6(2)17-11(18)14-10-4-8-7(3-9(10)13)5-16-12(8)15/h3-4,6,15H,5H2,1-2H3,(H,14,18). The maximum absolute atomic E-state index is 9.62. The van der Waals surface area contributed by atoms with E-state index in [0.29, 0.717) is 22.8 Å². The topological polar surface area (TPSA) is 50.7 Å². The van der Waals surface area contributed by atoms with E-state index in [1.165, 1.54) is 0 Å². The van der Waals surface area contributed by atoms with Crippen LogP contribution < -0.4 is 10.8 Å². The zero-order valence-corrected chi connectivity index (χ0v) is 11.6. The molecule has 0 saturated heterocycles. The second-order valence-corrected chi connectivity index (χ2v) is 5.05. The molecule has 1 aromatic rings. The maximum atomic E-state index is 9.62. The smallest absolute Gasteiger partial charge is 0.468 e. The molecule has 18 heavy (non-hydrogen) atoms. The number of nitrogens with one attached hydrogen (secondary N) is 1. The predicted octanol–water partition coefficient (Wildman–Crippen LogP) is 1.68. The molecular weight excluding hydrogens is 272 g/mol. The highest BCUT2D eigenvalue weighted by Crippen LogP contribution is 2.25.